The molecular formula is C17H19Cl3N4O2S. The van der Waals surface area contributed by atoms with E-state index in [4.69, 9.17) is 28.9 Å². The first kappa shape index (κ1) is 21.8. The van der Waals surface area contributed by atoms with E-state index in [1.54, 1.807) is 24.3 Å². The quantitative estimate of drug-likeness (QED) is 0.565. The molecule has 1 aliphatic rings. The highest BCUT2D eigenvalue weighted by Crippen LogP contribution is 2.37. The fourth-order valence-corrected chi connectivity index (χ4v) is 4.11. The van der Waals surface area contributed by atoms with Gasteiger partial charge in [-0.2, -0.15) is 0 Å². The Labute approximate surface area is 177 Å². The molecule has 1 fully saturated rings. The second-order valence-electron chi connectivity index (χ2n) is 5.99. The van der Waals surface area contributed by atoms with Crippen LogP contribution >= 0.6 is 46.9 Å². The number of anilines is 1. The van der Waals surface area contributed by atoms with E-state index in [-0.39, 0.29) is 24.4 Å². The molecule has 27 heavy (non-hydrogen) atoms. The molecule has 1 atom stereocenters. The standard InChI is InChI=1S/C17H18Cl2N4O2S.ClH/c18-11-4-3-9(6-12(11)19)14-7-13(23-17(20)25)15(26-14)16(24)22-10-2-1-5-21-8-10;/h3-4,6-7,10,21H,1-2,5,8H2,(H,22,24)(H3,20,23,25);1H/t10-;/m0./s1. The molecule has 0 bridgehead atoms. The van der Waals surface area contributed by atoms with Crippen molar-refractivity contribution >= 4 is 64.6 Å². The summed E-state index contributed by atoms with van der Waals surface area (Å²) in [6.45, 7) is 1.69. The molecule has 1 saturated heterocycles. The average Bonchev–Trinajstić information content (AvgIpc) is 3.01. The predicted molar refractivity (Wildman–Crippen MR) is 114 cm³/mol. The Morgan fingerprint density at radius 2 is 2.00 bits per heavy atom. The number of urea groups is 1. The minimum Gasteiger partial charge on any atom is -0.351 e. The first-order valence-electron chi connectivity index (χ1n) is 8.11. The molecule has 0 radical (unpaired) electrons. The maximum absolute atomic E-state index is 12.7. The Kier molecular flexibility index (Phi) is 7.76. The van der Waals surface area contributed by atoms with Gasteiger partial charge in [0.05, 0.1) is 15.7 Å². The molecule has 146 valence electrons. The van der Waals surface area contributed by atoms with Gasteiger partial charge in [0.15, 0.2) is 0 Å². The first-order valence-corrected chi connectivity index (χ1v) is 9.68. The summed E-state index contributed by atoms with van der Waals surface area (Å²) >= 11 is 13.3. The molecule has 1 aliphatic heterocycles. The summed E-state index contributed by atoms with van der Waals surface area (Å²) in [6, 6.07) is 6.26. The van der Waals surface area contributed by atoms with Crippen LogP contribution in [0.1, 0.15) is 22.5 Å². The van der Waals surface area contributed by atoms with E-state index >= 15 is 0 Å². The van der Waals surface area contributed by atoms with Crippen LogP contribution in [0.3, 0.4) is 0 Å². The number of nitrogens with one attached hydrogen (secondary N) is 3. The van der Waals surface area contributed by atoms with Crippen molar-refractivity contribution in [1.29, 1.82) is 0 Å². The molecule has 1 aromatic carbocycles. The lowest BCUT2D eigenvalue weighted by atomic mass is 10.1. The zero-order chi connectivity index (χ0) is 18.7. The highest BCUT2D eigenvalue weighted by molar-refractivity contribution is 7.18. The molecule has 0 spiro atoms. The number of nitrogens with two attached hydrogens (primary N) is 1. The van der Waals surface area contributed by atoms with E-state index < -0.39 is 6.03 Å². The van der Waals surface area contributed by atoms with Crippen molar-refractivity contribution in [1.82, 2.24) is 10.6 Å². The fourth-order valence-electron chi connectivity index (χ4n) is 2.80. The van der Waals surface area contributed by atoms with Crippen LogP contribution in [-0.4, -0.2) is 31.1 Å². The third kappa shape index (κ3) is 5.49. The Bertz CT molecular complexity index is 838. The van der Waals surface area contributed by atoms with Crippen LogP contribution in [-0.2, 0) is 0 Å². The summed E-state index contributed by atoms with van der Waals surface area (Å²) in [7, 11) is 0. The molecule has 6 nitrogen and oxygen atoms in total. The van der Waals surface area contributed by atoms with Gasteiger partial charge in [-0.1, -0.05) is 29.3 Å². The number of benzene rings is 1. The van der Waals surface area contributed by atoms with E-state index in [9.17, 15) is 9.59 Å². The number of thiophene rings is 1. The van der Waals surface area contributed by atoms with Gasteiger partial charge < -0.3 is 21.7 Å². The van der Waals surface area contributed by atoms with E-state index in [0.717, 1.165) is 36.4 Å². The number of hydrogen-bond donors (Lipinski definition) is 4. The van der Waals surface area contributed by atoms with E-state index in [0.29, 0.717) is 20.6 Å². The van der Waals surface area contributed by atoms with Gasteiger partial charge in [0.25, 0.3) is 5.91 Å². The van der Waals surface area contributed by atoms with E-state index in [2.05, 4.69) is 16.0 Å². The van der Waals surface area contributed by atoms with Crippen LogP contribution in [0, 0.1) is 0 Å². The van der Waals surface area contributed by atoms with Crippen molar-refractivity contribution in [3.05, 3.63) is 39.2 Å². The second kappa shape index (κ2) is 9.61. The topological polar surface area (TPSA) is 96.2 Å². The van der Waals surface area contributed by atoms with Gasteiger partial charge in [0, 0.05) is 17.5 Å². The summed E-state index contributed by atoms with van der Waals surface area (Å²) in [6.07, 6.45) is 1.93. The van der Waals surface area contributed by atoms with E-state index in [1.165, 1.54) is 11.3 Å². The molecule has 0 saturated carbocycles. The number of hydrogen-bond acceptors (Lipinski definition) is 4. The van der Waals surface area contributed by atoms with Gasteiger partial charge >= 0.3 is 6.03 Å². The minimum absolute atomic E-state index is 0. The fraction of sp³-hybridized carbons (Fsp3) is 0.294. The molecule has 5 N–H and O–H groups in total. The van der Waals surface area contributed by atoms with Gasteiger partial charge in [-0.25, -0.2) is 4.79 Å². The average molecular weight is 450 g/mol. The number of primary amides is 1. The summed E-state index contributed by atoms with van der Waals surface area (Å²) in [4.78, 5) is 25.2. The molecule has 10 heteroatoms. The van der Waals surface area contributed by atoms with Gasteiger partial charge in [-0.05, 0) is 43.1 Å². The lowest BCUT2D eigenvalue weighted by Gasteiger charge is -2.23. The highest BCUT2D eigenvalue weighted by Gasteiger charge is 2.22. The van der Waals surface area contributed by atoms with Crippen molar-refractivity contribution in [2.45, 2.75) is 18.9 Å². The zero-order valence-corrected chi connectivity index (χ0v) is 17.3. The monoisotopic (exact) mass is 448 g/mol. The van der Waals surface area contributed by atoms with Crippen LogP contribution in [0.25, 0.3) is 10.4 Å². The minimum atomic E-state index is -0.725. The largest absolute Gasteiger partial charge is 0.351 e. The molecular weight excluding hydrogens is 431 g/mol. The smallest absolute Gasteiger partial charge is 0.316 e. The number of carbonyl (C=O) groups is 2. The lowest BCUT2D eigenvalue weighted by molar-refractivity contribution is 0.0935. The third-order valence-electron chi connectivity index (χ3n) is 4.03. The third-order valence-corrected chi connectivity index (χ3v) is 5.95. The Hall–Kier alpha value is -1.51. The summed E-state index contributed by atoms with van der Waals surface area (Å²) in [5, 5.41) is 9.65. The molecule has 3 rings (SSSR count). The molecule has 0 aliphatic carbocycles. The lowest BCUT2D eigenvalue weighted by Crippen LogP contribution is -2.45. The van der Waals surface area contributed by atoms with Crippen molar-refractivity contribution in [2.24, 2.45) is 5.73 Å². The van der Waals surface area contributed by atoms with Gasteiger partial charge in [-0.3, -0.25) is 4.79 Å². The molecule has 3 amide bonds. The molecule has 0 unspecified atom stereocenters. The van der Waals surface area contributed by atoms with Gasteiger partial charge in [0.1, 0.15) is 4.88 Å². The van der Waals surface area contributed by atoms with Crippen LogP contribution in [0.4, 0.5) is 10.5 Å². The summed E-state index contributed by atoms with van der Waals surface area (Å²) < 4.78 is 0. The molecule has 2 aromatic rings. The maximum Gasteiger partial charge on any atom is 0.316 e. The highest BCUT2D eigenvalue weighted by atomic mass is 35.5. The van der Waals surface area contributed by atoms with Gasteiger partial charge in [-0.15, -0.1) is 23.7 Å². The predicted octanol–water partition coefficient (Wildman–Crippen LogP) is 4.12. The van der Waals surface area contributed by atoms with Gasteiger partial charge in [0.2, 0.25) is 0 Å². The molecule has 1 aromatic heterocycles. The number of amides is 3. The summed E-state index contributed by atoms with van der Waals surface area (Å²) in [5.41, 5.74) is 6.42. The SMILES string of the molecule is Cl.NC(=O)Nc1cc(-c2ccc(Cl)c(Cl)c2)sc1C(=O)N[C@H]1CCCNC1. The zero-order valence-electron chi connectivity index (χ0n) is 14.2. The normalized spacial score (nSPS) is 16.3. The Morgan fingerprint density at radius 1 is 1.22 bits per heavy atom. The second-order valence-corrected chi connectivity index (χ2v) is 7.85. The van der Waals surface area contributed by atoms with Crippen molar-refractivity contribution in [3.8, 4) is 10.4 Å². The Balaban J connectivity index is 0.00000261. The maximum atomic E-state index is 12.7. The van der Waals surface area contributed by atoms with Crippen molar-refractivity contribution in [3.63, 3.8) is 0 Å². The van der Waals surface area contributed by atoms with Crippen molar-refractivity contribution < 1.29 is 9.59 Å². The first-order chi connectivity index (χ1) is 12.4. The number of halogens is 3. The van der Waals surface area contributed by atoms with Crippen LogP contribution in [0.15, 0.2) is 24.3 Å². The van der Waals surface area contributed by atoms with Crippen LogP contribution in [0.5, 0.6) is 0 Å². The van der Waals surface area contributed by atoms with Crippen molar-refractivity contribution in [2.75, 3.05) is 18.4 Å². The number of rotatable bonds is 4. The number of carbonyl (C=O) groups excluding carboxylic acids is 2. The van der Waals surface area contributed by atoms with Crippen LogP contribution in [0.2, 0.25) is 10.0 Å². The molecule has 2 heterocycles. The van der Waals surface area contributed by atoms with Crippen LogP contribution < -0.4 is 21.7 Å². The number of piperidine rings is 1. The Morgan fingerprint density at radius 3 is 2.63 bits per heavy atom. The van der Waals surface area contributed by atoms with E-state index in [1.807, 2.05) is 0 Å². The summed E-state index contributed by atoms with van der Waals surface area (Å²) in [5.74, 6) is -0.237.